The van der Waals surface area contributed by atoms with E-state index >= 15 is 0 Å². The third-order valence-corrected chi connectivity index (χ3v) is 6.96. The summed E-state index contributed by atoms with van der Waals surface area (Å²) in [7, 11) is 0. The molecule has 2 aromatic carbocycles. The molecule has 0 atom stereocenters. The molecule has 1 N–H and O–H groups in total. The molecule has 0 saturated heterocycles. The van der Waals surface area contributed by atoms with Crippen molar-refractivity contribution in [3.05, 3.63) is 53.0 Å². The van der Waals surface area contributed by atoms with E-state index in [4.69, 9.17) is 0 Å². The second kappa shape index (κ2) is 7.83. The number of amides is 1. The van der Waals surface area contributed by atoms with Crippen molar-refractivity contribution < 1.29 is 4.79 Å². The van der Waals surface area contributed by atoms with Crippen molar-refractivity contribution in [3.8, 4) is 10.6 Å². The molecule has 130 valence electrons. The molecule has 5 nitrogen and oxygen atoms in total. The first kappa shape index (κ1) is 17.6. The molecule has 0 aliphatic carbocycles. The van der Waals surface area contributed by atoms with Crippen LogP contribution in [0, 0.1) is 0 Å². The minimum Gasteiger partial charge on any atom is -0.300 e. The maximum atomic E-state index is 12.2. The van der Waals surface area contributed by atoms with E-state index in [2.05, 4.69) is 36.4 Å². The van der Waals surface area contributed by atoms with E-state index in [1.54, 1.807) is 11.3 Å². The molecule has 0 radical (unpaired) electrons. The molecule has 0 bridgehead atoms. The summed E-state index contributed by atoms with van der Waals surface area (Å²) in [5, 5.41) is 12.3. The Kier molecular flexibility index (Phi) is 5.30. The average molecular weight is 463 g/mol. The summed E-state index contributed by atoms with van der Waals surface area (Å²) in [6.45, 7) is 0. The Balaban J connectivity index is 1.36. The number of nitrogens with one attached hydrogen (secondary N) is 1. The Morgan fingerprint density at radius 1 is 1.08 bits per heavy atom. The van der Waals surface area contributed by atoms with Crippen LogP contribution in [-0.4, -0.2) is 26.8 Å². The smallest absolute Gasteiger partial charge is 0.236 e. The number of aromatic nitrogens is 3. The SMILES string of the molecule is O=C(CSc1nc2ccccc2s1)Nc1nnc(-c2ccc(Br)cc2)s1. The van der Waals surface area contributed by atoms with E-state index in [0.29, 0.717) is 5.13 Å². The Bertz CT molecular complexity index is 1030. The van der Waals surface area contributed by atoms with Gasteiger partial charge in [0, 0.05) is 10.0 Å². The number of hydrogen-bond donors (Lipinski definition) is 1. The van der Waals surface area contributed by atoms with E-state index in [9.17, 15) is 4.79 Å². The third kappa shape index (κ3) is 4.12. The van der Waals surface area contributed by atoms with E-state index < -0.39 is 0 Å². The van der Waals surface area contributed by atoms with Gasteiger partial charge in [0.1, 0.15) is 5.01 Å². The predicted octanol–water partition coefficient (Wildman–Crippen LogP) is 5.31. The zero-order valence-corrected chi connectivity index (χ0v) is 17.2. The molecule has 2 heterocycles. The number of thiazole rings is 1. The van der Waals surface area contributed by atoms with Crippen molar-refractivity contribution in [3.63, 3.8) is 0 Å². The summed E-state index contributed by atoms with van der Waals surface area (Å²) in [5.41, 5.74) is 1.93. The molecule has 0 aliphatic heterocycles. The van der Waals surface area contributed by atoms with Crippen LogP contribution >= 0.6 is 50.4 Å². The number of carbonyl (C=O) groups is 1. The van der Waals surface area contributed by atoms with Crippen LogP contribution in [0.25, 0.3) is 20.8 Å². The minimum absolute atomic E-state index is 0.118. The van der Waals surface area contributed by atoms with Gasteiger partial charge in [-0.2, -0.15) is 0 Å². The normalized spacial score (nSPS) is 11.0. The standard InChI is InChI=1S/C17H11BrN4OS3/c18-11-7-5-10(6-8-11)15-21-22-16(26-15)20-14(23)9-24-17-19-12-3-1-2-4-13(12)25-17/h1-8H,9H2,(H,20,22,23). The fourth-order valence-corrected chi connectivity index (χ4v) is 5.08. The van der Waals surface area contributed by atoms with Gasteiger partial charge in [0.2, 0.25) is 11.0 Å². The van der Waals surface area contributed by atoms with Crippen molar-refractivity contribution in [2.75, 3.05) is 11.1 Å². The molecule has 0 aliphatic rings. The van der Waals surface area contributed by atoms with Gasteiger partial charge in [0.25, 0.3) is 0 Å². The van der Waals surface area contributed by atoms with Crippen molar-refractivity contribution in [1.29, 1.82) is 0 Å². The number of fused-ring (bicyclic) bond motifs is 1. The zero-order chi connectivity index (χ0) is 17.9. The second-order valence-corrected chi connectivity index (χ2v) is 9.35. The van der Waals surface area contributed by atoms with E-state index in [0.717, 1.165) is 29.6 Å². The van der Waals surface area contributed by atoms with Crippen LogP contribution in [0.15, 0.2) is 57.3 Å². The highest BCUT2D eigenvalue weighted by molar-refractivity contribution is 9.10. The van der Waals surface area contributed by atoms with Gasteiger partial charge in [-0.1, -0.05) is 63.3 Å². The molecule has 4 rings (SSSR count). The first-order valence-electron chi connectivity index (χ1n) is 7.55. The van der Waals surface area contributed by atoms with Gasteiger partial charge in [-0.3, -0.25) is 10.1 Å². The molecule has 9 heteroatoms. The maximum absolute atomic E-state index is 12.2. The lowest BCUT2D eigenvalue weighted by Gasteiger charge is -1.98. The van der Waals surface area contributed by atoms with Gasteiger partial charge < -0.3 is 0 Å². The highest BCUT2D eigenvalue weighted by atomic mass is 79.9. The van der Waals surface area contributed by atoms with Gasteiger partial charge >= 0.3 is 0 Å². The summed E-state index contributed by atoms with van der Waals surface area (Å²) in [6, 6.07) is 15.8. The van der Waals surface area contributed by atoms with Crippen LogP contribution in [-0.2, 0) is 4.79 Å². The van der Waals surface area contributed by atoms with Gasteiger partial charge in [0.05, 0.1) is 16.0 Å². The first-order chi connectivity index (χ1) is 12.7. The molecule has 1 amide bonds. The lowest BCUT2D eigenvalue weighted by Crippen LogP contribution is -2.13. The third-order valence-electron chi connectivity index (χ3n) is 3.36. The van der Waals surface area contributed by atoms with Gasteiger partial charge in [-0.15, -0.1) is 21.5 Å². The Hall–Kier alpha value is -1.81. The summed E-state index contributed by atoms with van der Waals surface area (Å²) < 4.78 is 3.01. The van der Waals surface area contributed by atoms with Crippen LogP contribution in [0.3, 0.4) is 0 Å². The lowest BCUT2D eigenvalue weighted by molar-refractivity contribution is -0.113. The number of carbonyl (C=O) groups excluding carboxylic acids is 1. The highest BCUT2D eigenvalue weighted by Gasteiger charge is 2.11. The molecule has 0 saturated carbocycles. The molecular weight excluding hydrogens is 452 g/mol. The number of thioether (sulfide) groups is 1. The number of anilines is 1. The first-order valence-corrected chi connectivity index (χ1v) is 11.0. The van der Waals surface area contributed by atoms with E-state index in [1.165, 1.54) is 23.1 Å². The molecule has 2 aromatic heterocycles. The Morgan fingerprint density at radius 2 is 1.88 bits per heavy atom. The van der Waals surface area contributed by atoms with Crippen LogP contribution in [0.1, 0.15) is 0 Å². The summed E-state index contributed by atoms with van der Waals surface area (Å²) in [4.78, 5) is 16.7. The van der Waals surface area contributed by atoms with Gasteiger partial charge in [-0.05, 0) is 24.3 Å². The van der Waals surface area contributed by atoms with Crippen molar-refractivity contribution in [1.82, 2.24) is 15.2 Å². The van der Waals surface area contributed by atoms with Crippen LogP contribution in [0.4, 0.5) is 5.13 Å². The van der Waals surface area contributed by atoms with E-state index in [1.807, 2.05) is 48.5 Å². The fourth-order valence-electron chi connectivity index (χ4n) is 2.18. The average Bonchev–Trinajstić information content (AvgIpc) is 3.27. The van der Waals surface area contributed by atoms with E-state index in [-0.39, 0.29) is 11.7 Å². The Morgan fingerprint density at radius 3 is 2.69 bits per heavy atom. The topological polar surface area (TPSA) is 67.8 Å². The second-order valence-electron chi connectivity index (χ2n) is 5.20. The lowest BCUT2D eigenvalue weighted by atomic mass is 10.2. The monoisotopic (exact) mass is 462 g/mol. The summed E-state index contributed by atoms with van der Waals surface area (Å²) >= 11 is 7.78. The van der Waals surface area contributed by atoms with Crippen LogP contribution in [0.5, 0.6) is 0 Å². The maximum Gasteiger partial charge on any atom is 0.236 e. The van der Waals surface area contributed by atoms with Gasteiger partial charge in [-0.25, -0.2) is 4.98 Å². The highest BCUT2D eigenvalue weighted by Crippen LogP contribution is 2.30. The minimum atomic E-state index is -0.118. The summed E-state index contributed by atoms with van der Waals surface area (Å²) in [6.07, 6.45) is 0. The zero-order valence-electron chi connectivity index (χ0n) is 13.2. The predicted molar refractivity (Wildman–Crippen MR) is 112 cm³/mol. The number of benzene rings is 2. The molecule has 0 fully saturated rings. The number of nitrogens with zero attached hydrogens (tertiary/aromatic N) is 3. The quantitative estimate of drug-likeness (QED) is 0.407. The number of rotatable bonds is 5. The Labute approximate surface area is 170 Å². The van der Waals surface area contributed by atoms with Crippen LogP contribution < -0.4 is 5.32 Å². The molecule has 0 unspecified atom stereocenters. The number of para-hydroxylation sites is 1. The van der Waals surface area contributed by atoms with Crippen molar-refractivity contribution in [2.45, 2.75) is 4.34 Å². The van der Waals surface area contributed by atoms with Gasteiger partial charge in [0.15, 0.2) is 4.34 Å². The molecule has 0 spiro atoms. The van der Waals surface area contributed by atoms with Crippen LogP contribution in [0.2, 0.25) is 0 Å². The molecule has 26 heavy (non-hydrogen) atoms. The number of halogens is 1. The fraction of sp³-hybridized carbons (Fsp3) is 0.0588. The molecular formula is C17H11BrN4OS3. The van der Waals surface area contributed by atoms with Crippen molar-refractivity contribution in [2.24, 2.45) is 0 Å². The van der Waals surface area contributed by atoms with Crippen molar-refractivity contribution >= 4 is 71.6 Å². The summed E-state index contributed by atoms with van der Waals surface area (Å²) in [5.74, 6) is 0.167. The largest absolute Gasteiger partial charge is 0.300 e. The number of hydrogen-bond acceptors (Lipinski definition) is 7. The molecule has 4 aromatic rings.